The molecule has 4 fully saturated rings. The van der Waals surface area contributed by atoms with E-state index in [0.29, 0.717) is 11.3 Å². The van der Waals surface area contributed by atoms with Crippen LogP contribution in [0.4, 0.5) is 0 Å². The Morgan fingerprint density at radius 2 is 1.73 bits per heavy atom. The van der Waals surface area contributed by atoms with Crippen molar-refractivity contribution < 1.29 is 9.84 Å². The minimum Gasteiger partial charge on any atom is -0.393 e. The lowest BCUT2D eigenvalue weighted by atomic mass is 9.43. The molecule has 192 valence electrons. The summed E-state index contributed by atoms with van der Waals surface area (Å²) in [6.07, 6.45) is 14.8. The standard InChI is InChI=1S/C30H55NO2/c1-7-28(31)33-27-18-22(32)17-21-11-12-23-25-14-13-24(20(4)10-8-9-19(2)3)29(25,5)16-15-26(23)30(21,27)6/h19-28,32H,7-18,31H2,1-6H3/t20-,21-,22+,23-,24-,25+,26+,27?,28?,29-,30+/m1/s1. The SMILES string of the molecule is CCC(N)OC1C[C@@H](O)C[C@H]2CC[C@@H]3[C@@H]4CC[C@H]([C@H](C)CCCC(C)C)[C@@]4(C)CC[C@@H]3[C@@]12C. The maximum Gasteiger partial charge on any atom is 0.105 e. The van der Waals surface area contributed by atoms with Crippen LogP contribution in [-0.2, 0) is 4.74 Å². The van der Waals surface area contributed by atoms with Gasteiger partial charge in [0.1, 0.15) is 6.23 Å². The van der Waals surface area contributed by atoms with E-state index in [1.165, 1.54) is 57.8 Å². The van der Waals surface area contributed by atoms with Gasteiger partial charge in [-0.05, 0) is 104 Å². The Kier molecular flexibility index (Phi) is 7.94. The van der Waals surface area contributed by atoms with Crippen LogP contribution in [0.25, 0.3) is 0 Å². The van der Waals surface area contributed by atoms with Crippen LogP contribution in [0.5, 0.6) is 0 Å². The fraction of sp³-hybridized carbons (Fsp3) is 1.00. The second-order valence-electron chi connectivity index (χ2n) is 13.7. The molecule has 0 spiro atoms. The van der Waals surface area contributed by atoms with Gasteiger partial charge in [0.05, 0.1) is 12.2 Å². The molecule has 0 aromatic rings. The van der Waals surface area contributed by atoms with Crippen molar-refractivity contribution in [1.82, 2.24) is 0 Å². The van der Waals surface area contributed by atoms with Gasteiger partial charge in [-0.15, -0.1) is 0 Å². The Morgan fingerprint density at radius 1 is 0.970 bits per heavy atom. The van der Waals surface area contributed by atoms with Crippen LogP contribution in [0, 0.1) is 52.3 Å². The van der Waals surface area contributed by atoms with Gasteiger partial charge < -0.3 is 15.6 Å². The summed E-state index contributed by atoms with van der Waals surface area (Å²) in [5.41, 5.74) is 7.02. The van der Waals surface area contributed by atoms with Crippen molar-refractivity contribution in [2.45, 2.75) is 137 Å². The lowest BCUT2D eigenvalue weighted by Crippen LogP contribution is -2.60. The van der Waals surface area contributed by atoms with Crippen molar-refractivity contribution in [3.63, 3.8) is 0 Å². The van der Waals surface area contributed by atoms with E-state index in [1.54, 1.807) is 0 Å². The molecule has 3 heteroatoms. The predicted octanol–water partition coefficient (Wildman–Crippen LogP) is 7.16. The van der Waals surface area contributed by atoms with Gasteiger partial charge in [-0.25, -0.2) is 0 Å². The lowest BCUT2D eigenvalue weighted by Gasteiger charge is -2.63. The fourth-order valence-electron chi connectivity index (χ4n) is 9.80. The molecule has 4 aliphatic carbocycles. The maximum absolute atomic E-state index is 10.7. The van der Waals surface area contributed by atoms with E-state index in [1.807, 2.05) is 0 Å². The maximum atomic E-state index is 10.7. The molecular formula is C30H55NO2. The van der Waals surface area contributed by atoms with Crippen LogP contribution in [0.15, 0.2) is 0 Å². The van der Waals surface area contributed by atoms with Crippen LogP contribution in [0.1, 0.15) is 119 Å². The first kappa shape index (κ1) is 26.0. The molecule has 0 aliphatic heterocycles. The molecule has 3 nitrogen and oxygen atoms in total. The molecule has 0 amide bonds. The lowest BCUT2D eigenvalue weighted by molar-refractivity contribution is -0.210. The number of hydrogen-bond donors (Lipinski definition) is 2. The molecule has 0 saturated heterocycles. The normalized spacial score (nSPS) is 47.0. The number of nitrogens with two attached hydrogens (primary N) is 1. The summed E-state index contributed by atoms with van der Waals surface area (Å²) in [5, 5.41) is 10.7. The molecule has 0 heterocycles. The first-order valence-corrected chi connectivity index (χ1v) is 14.7. The number of fused-ring (bicyclic) bond motifs is 5. The van der Waals surface area contributed by atoms with Crippen molar-refractivity contribution in [1.29, 1.82) is 0 Å². The van der Waals surface area contributed by atoms with Gasteiger partial charge in [0, 0.05) is 6.42 Å². The Hall–Kier alpha value is -0.120. The van der Waals surface area contributed by atoms with Crippen molar-refractivity contribution in [2.75, 3.05) is 0 Å². The number of aliphatic hydroxyl groups excluding tert-OH is 1. The highest BCUT2D eigenvalue weighted by Gasteiger charge is 2.63. The molecule has 4 saturated carbocycles. The van der Waals surface area contributed by atoms with E-state index < -0.39 is 0 Å². The largest absolute Gasteiger partial charge is 0.393 e. The minimum atomic E-state index is -0.218. The minimum absolute atomic E-state index is 0.116. The monoisotopic (exact) mass is 461 g/mol. The van der Waals surface area contributed by atoms with Gasteiger partial charge in [-0.2, -0.15) is 0 Å². The van der Waals surface area contributed by atoms with Crippen LogP contribution in [-0.4, -0.2) is 23.5 Å². The third-order valence-electron chi connectivity index (χ3n) is 11.6. The van der Waals surface area contributed by atoms with Crippen molar-refractivity contribution in [3.8, 4) is 0 Å². The van der Waals surface area contributed by atoms with Gasteiger partial charge in [-0.3, -0.25) is 0 Å². The highest BCUT2D eigenvalue weighted by atomic mass is 16.5. The van der Waals surface area contributed by atoms with Crippen molar-refractivity contribution in [2.24, 2.45) is 58.0 Å². The Morgan fingerprint density at radius 3 is 2.42 bits per heavy atom. The van der Waals surface area contributed by atoms with Gasteiger partial charge >= 0.3 is 0 Å². The second kappa shape index (κ2) is 10.1. The number of ether oxygens (including phenoxy) is 1. The van der Waals surface area contributed by atoms with E-state index in [-0.39, 0.29) is 23.9 Å². The van der Waals surface area contributed by atoms with Crippen LogP contribution in [0.3, 0.4) is 0 Å². The Balaban J connectivity index is 1.52. The fourth-order valence-corrected chi connectivity index (χ4v) is 9.80. The summed E-state index contributed by atoms with van der Waals surface area (Å²) in [6, 6.07) is 0. The number of aliphatic hydroxyl groups is 1. The summed E-state index contributed by atoms with van der Waals surface area (Å²) >= 11 is 0. The predicted molar refractivity (Wildman–Crippen MR) is 138 cm³/mol. The summed E-state index contributed by atoms with van der Waals surface area (Å²) in [7, 11) is 0. The zero-order chi connectivity index (χ0) is 24.0. The summed E-state index contributed by atoms with van der Waals surface area (Å²) in [5.74, 6) is 5.68. The molecule has 11 atom stereocenters. The quantitative estimate of drug-likeness (QED) is 0.377. The van der Waals surface area contributed by atoms with E-state index in [9.17, 15) is 5.11 Å². The molecule has 4 rings (SSSR count). The molecule has 0 aromatic heterocycles. The highest BCUT2D eigenvalue weighted by molar-refractivity contribution is 5.12. The molecule has 0 aromatic carbocycles. The highest BCUT2D eigenvalue weighted by Crippen LogP contribution is 2.68. The summed E-state index contributed by atoms with van der Waals surface area (Å²) in [4.78, 5) is 0. The topological polar surface area (TPSA) is 55.5 Å². The Labute approximate surface area is 205 Å². The molecular weight excluding hydrogens is 406 g/mol. The molecule has 0 radical (unpaired) electrons. The first-order valence-electron chi connectivity index (χ1n) is 14.7. The van der Waals surface area contributed by atoms with Crippen LogP contribution >= 0.6 is 0 Å². The molecule has 3 N–H and O–H groups in total. The average Bonchev–Trinajstić information content (AvgIpc) is 3.11. The molecule has 4 aliphatic rings. The average molecular weight is 462 g/mol. The van der Waals surface area contributed by atoms with Crippen molar-refractivity contribution in [3.05, 3.63) is 0 Å². The van der Waals surface area contributed by atoms with Gasteiger partial charge in [0.15, 0.2) is 0 Å². The zero-order valence-corrected chi connectivity index (χ0v) is 22.7. The van der Waals surface area contributed by atoms with Crippen LogP contribution in [0.2, 0.25) is 0 Å². The van der Waals surface area contributed by atoms with E-state index in [4.69, 9.17) is 10.5 Å². The molecule has 0 bridgehead atoms. The number of hydrogen-bond acceptors (Lipinski definition) is 3. The second-order valence-corrected chi connectivity index (χ2v) is 13.7. The van der Waals surface area contributed by atoms with E-state index in [0.717, 1.165) is 54.8 Å². The van der Waals surface area contributed by atoms with E-state index in [2.05, 4.69) is 41.5 Å². The summed E-state index contributed by atoms with van der Waals surface area (Å²) < 4.78 is 6.51. The van der Waals surface area contributed by atoms with Gasteiger partial charge in [0.25, 0.3) is 0 Å². The third kappa shape index (κ3) is 4.69. The van der Waals surface area contributed by atoms with E-state index >= 15 is 0 Å². The van der Waals surface area contributed by atoms with Crippen LogP contribution < -0.4 is 5.73 Å². The molecule has 2 unspecified atom stereocenters. The van der Waals surface area contributed by atoms with Gasteiger partial charge in [-0.1, -0.05) is 60.8 Å². The van der Waals surface area contributed by atoms with Crippen molar-refractivity contribution >= 4 is 0 Å². The van der Waals surface area contributed by atoms with Gasteiger partial charge in [0.2, 0.25) is 0 Å². The number of rotatable bonds is 8. The molecule has 33 heavy (non-hydrogen) atoms. The summed E-state index contributed by atoms with van der Waals surface area (Å²) in [6.45, 7) is 14.6. The smallest absolute Gasteiger partial charge is 0.105 e. The first-order chi connectivity index (χ1) is 15.6. The zero-order valence-electron chi connectivity index (χ0n) is 22.7. The Bertz CT molecular complexity index is 651. The third-order valence-corrected chi connectivity index (χ3v) is 11.6.